The van der Waals surface area contributed by atoms with Crippen LogP contribution in [-0.4, -0.2) is 16.6 Å². The molecule has 4 heteroatoms. The molecule has 0 fully saturated rings. The molecule has 0 saturated heterocycles. The number of carbonyl (C=O) groups is 1. The quantitative estimate of drug-likeness (QED) is 0.707. The minimum Gasteiger partial charge on any atom is -0.366 e. The van der Waals surface area contributed by atoms with E-state index in [1.165, 1.54) is 0 Å². The van der Waals surface area contributed by atoms with Gasteiger partial charge in [0.25, 0.3) is 0 Å². The van der Waals surface area contributed by atoms with Gasteiger partial charge < -0.3 is 11.1 Å². The van der Waals surface area contributed by atoms with Crippen LogP contribution in [0.15, 0.2) is 72.9 Å². The molecule has 1 amide bonds. The van der Waals surface area contributed by atoms with Gasteiger partial charge in [-0.25, -0.2) is 0 Å². The average Bonchev–Trinajstić information content (AvgIpc) is 2.62. The van der Waals surface area contributed by atoms with Crippen LogP contribution in [0.4, 0.5) is 0 Å². The molecule has 0 aliphatic heterocycles. The van der Waals surface area contributed by atoms with Crippen LogP contribution in [0.3, 0.4) is 0 Å². The predicted octanol–water partition coefficient (Wildman–Crippen LogP) is 3.46. The number of nitrogens with zero attached hydrogens (tertiary/aromatic N) is 1. The first-order chi connectivity index (χ1) is 11.6. The Kier molecular flexibility index (Phi) is 4.47. The summed E-state index contributed by atoms with van der Waals surface area (Å²) in [6, 6.07) is 20.7. The maximum Gasteiger partial charge on any atom is 0.249 e. The molecule has 118 valence electrons. The van der Waals surface area contributed by atoms with Crippen molar-refractivity contribution in [2.24, 2.45) is 5.73 Å². The number of primary amides is 1. The lowest BCUT2D eigenvalue weighted by atomic mass is 9.97. The summed E-state index contributed by atoms with van der Waals surface area (Å²) in [5.74, 6) is -0.518. The first kappa shape index (κ1) is 15.6. The zero-order valence-electron chi connectivity index (χ0n) is 13.1. The lowest BCUT2D eigenvalue weighted by Crippen LogP contribution is -2.17. The summed E-state index contributed by atoms with van der Waals surface area (Å²) in [6.07, 6.45) is 2.15. The van der Waals surface area contributed by atoms with E-state index in [9.17, 15) is 4.79 Å². The SMILES string of the molecule is N=C(Cc1ccnc(-c2ccccc2)c1)c1ccccc1C(N)=O. The molecule has 1 heterocycles. The number of rotatable bonds is 5. The third-order valence-corrected chi connectivity index (χ3v) is 3.79. The molecule has 0 aliphatic carbocycles. The highest BCUT2D eigenvalue weighted by Gasteiger charge is 2.12. The molecule has 0 unspecified atom stereocenters. The molecule has 4 nitrogen and oxygen atoms in total. The molecule has 0 saturated carbocycles. The van der Waals surface area contributed by atoms with Gasteiger partial charge in [-0.3, -0.25) is 9.78 Å². The van der Waals surface area contributed by atoms with Crippen LogP contribution >= 0.6 is 0 Å². The van der Waals surface area contributed by atoms with E-state index in [4.69, 9.17) is 11.1 Å². The van der Waals surface area contributed by atoms with Gasteiger partial charge in [0.15, 0.2) is 0 Å². The lowest BCUT2D eigenvalue weighted by Gasteiger charge is -2.09. The largest absolute Gasteiger partial charge is 0.366 e. The first-order valence-corrected chi connectivity index (χ1v) is 7.62. The highest BCUT2D eigenvalue weighted by atomic mass is 16.1. The molecular formula is C20H17N3O. The van der Waals surface area contributed by atoms with Gasteiger partial charge in [0, 0.05) is 35.0 Å². The average molecular weight is 315 g/mol. The standard InChI is InChI=1S/C20H17N3O/c21-18(16-8-4-5-9-17(16)20(22)24)12-14-10-11-23-19(13-14)15-6-2-1-3-7-15/h1-11,13,21H,12H2,(H2,22,24). The molecule has 1 aromatic heterocycles. The number of hydrogen-bond donors (Lipinski definition) is 2. The maximum absolute atomic E-state index is 11.5. The minimum atomic E-state index is -0.518. The minimum absolute atomic E-state index is 0.356. The van der Waals surface area contributed by atoms with Gasteiger partial charge in [0.1, 0.15) is 0 Å². The molecule has 24 heavy (non-hydrogen) atoms. The summed E-state index contributed by atoms with van der Waals surface area (Å²) in [5.41, 5.74) is 9.57. The third-order valence-electron chi connectivity index (χ3n) is 3.79. The molecule has 2 aromatic carbocycles. The van der Waals surface area contributed by atoms with E-state index < -0.39 is 5.91 Å². The second kappa shape index (κ2) is 6.87. The summed E-state index contributed by atoms with van der Waals surface area (Å²) in [5, 5.41) is 8.35. The highest BCUT2D eigenvalue weighted by Crippen LogP contribution is 2.19. The van der Waals surface area contributed by atoms with Crippen molar-refractivity contribution in [2.75, 3.05) is 0 Å². The number of carbonyl (C=O) groups excluding carboxylic acids is 1. The molecule has 3 N–H and O–H groups in total. The van der Waals surface area contributed by atoms with Gasteiger partial charge in [-0.1, -0.05) is 48.5 Å². The van der Waals surface area contributed by atoms with Crippen LogP contribution in [0, 0.1) is 5.41 Å². The van der Waals surface area contributed by atoms with Crippen LogP contribution < -0.4 is 5.73 Å². The molecule has 0 bridgehead atoms. The predicted molar refractivity (Wildman–Crippen MR) is 95.2 cm³/mol. The zero-order valence-corrected chi connectivity index (χ0v) is 13.1. The van der Waals surface area contributed by atoms with Gasteiger partial charge >= 0.3 is 0 Å². The number of amides is 1. The normalized spacial score (nSPS) is 10.3. The Morgan fingerprint density at radius 2 is 1.62 bits per heavy atom. The highest BCUT2D eigenvalue weighted by molar-refractivity contribution is 6.09. The molecule has 0 atom stereocenters. The molecule has 0 radical (unpaired) electrons. The smallest absolute Gasteiger partial charge is 0.249 e. The Bertz CT molecular complexity index is 888. The van der Waals surface area contributed by atoms with Crippen molar-refractivity contribution < 1.29 is 4.79 Å². The van der Waals surface area contributed by atoms with Crippen molar-refractivity contribution in [1.82, 2.24) is 4.98 Å². The number of pyridine rings is 1. The number of nitrogens with two attached hydrogens (primary N) is 1. The summed E-state index contributed by atoms with van der Waals surface area (Å²) in [6.45, 7) is 0. The van der Waals surface area contributed by atoms with E-state index in [-0.39, 0.29) is 0 Å². The van der Waals surface area contributed by atoms with E-state index in [2.05, 4.69) is 4.98 Å². The Labute approximate surface area is 140 Å². The summed E-state index contributed by atoms with van der Waals surface area (Å²) in [7, 11) is 0. The second-order valence-electron chi connectivity index (χ2n) is 5.48. The van der Waals surface area contributed by atoms with Gasteiger partial charge in [-0.15, -0.1) is 0 Å². The van der Waals surface area contributed by atoms with E-state index in [0.29, 0.717) is 23.3 Å². The fourth-order valence-electron chi connectivity index (χ4n) is 2.61. The Morgan fingerprint density at radius 1 is 0.958 bits per heavy atom. The maximum atomic E-state index is 11.5. The number of hydrogen-bond acceptors (Lipinski definition) is 3. The zero-order chi connectivity index (χ0) is 16.9. The van der Waals surface area contributed by atoms with Crippen LogP contribution in [0.5, 0.6) is 0 Å². The van der Waals surface area contributed by atoms with Gasteiger partial charge in [0.2, 0.25) is 5.91 Å². The topological polar surface area (TPSA) is 79.8 Å². The van der Waals surface area contributed by atoms with E-state index in [1.807, 2.05) is 42.5 Å². The van der Waals surface area contributed by atoms with Crippen molar-refractivity contribution in [3.05, 3.63) is 89.6 Å². The molecular weight excluding hydrogens is 298 g/mol. The lowest BCUT2D eigenvalue weighted by molar-refractivity contribution is 0.1000. The summed E-state index contributed by atoms with van der Waals surface area (Å²) >= 11 is 0. The second-order valence-corrected chi connectivity index (χ2v) is 5.48. The van der Waals surface area contributed by atoms with Gasteiger partial charge in [0.05, 0.1) is 5.69 Å². The van der Waals surface area contributed by atoms with Crippen molar-refractivity contribution >= 4 is 11.6 Å². The van der Waals surface area contributed by atoms with Crippen LogP contribution in [0.2, 0.25) is 0 Å². The summed E-state index contributed by atoms with van der Waals surface area (Å²) in [4.78, 5) is 15.9. The van der Waals surface area contributed by atoms with E-state index in [0.717, 1.165) is 16.8 Å². The number of aromatic nitrogens is 1. The first-order valence-electron chi connectivity index (χ1n) is 7.62. The monoisotopic (exact) mass is 315 g/mol. The Hall–Kier alpha value is -3.27. The third kappa shape index (κ3) is 3.38. The van der Waals surface area contributed by atoms with Crippen LogP contribution in [-0.2, 0) is 6.42 Å². The van der Waals surface area contributed by atoms with Crippen LogP contribution in [0.25, 0.3) is 11.3 Å². The van der Waals surface area contributed by atoms with Crippen molar-refractivity contribution in [1.29, 1.82) is 5.41 Å². The fourth-order valence-corrected chi connectivity index (χ4v) is 2.61. The van der Waals surface area contributed by atoms with Gasteiger partial charge in [-0.2, -0.15) is 0 Å². The van der Waals surface area contributed by atoms with Crippen LogP contribution in [0.1, 0.15) is 21.5 Å². The Balaban J connectivity index is 1.87. The van der Waals surface area contributed by atoms with E-state index in [1.54, 1.807) is 30.5 Å². The summed E-state index contributed by atoms with van der Waals surface area (Å²) < 4.78 is 0. The molecule has 3 aromatic rings. The fraction of sp³-hybridized carbons (Fsp3) is 0.0500. The molecule has 0 aliphatic rings. The molecule has 0 spiro atoms. The van der Waals surface area contributed by atoms with Crippen molar-refractivity contribution in [3.63, 3.8) is 0 Å². The number of benzene rings is 2. The van der Waals surface area contributed by atoms with E-state index >= 15 is 0 Å². The van der Waals surface area contributed by atoms with Gasteiger partial charge in [-0.05, 0) is 23.8 Å². The van der Waals surface area contributed by atoms with Crippen molar-refractivity contribution in [3.8, 4) is 11.3 Å². The number of nitrogens with one attached hydrogen (secondary N) is 1. The Morgan fingerprint density at radius 3 is 2.33 bits per heavy atom. The molecule has 3 rings (SSSR count). The van der Waals surface area contributed by atoms with Crippen molar-refractivity contribution in [2.45, 2.75) is 6.42 Å².